The van der Waals surface area contributed by atoms with Gasteiger partial charge in [0.15, 0.2) is 0 Å². The second-order valence-electron chi connectivity index (χ2n) is 6.61. The van der Waals surface area contributed by atoms with Gasteiger partial charge in [0.1, 0.15) is 0 Å². The van der Waals surface area contributed by atoms with Gasteiger partial charge in [-0.2, -0.15) is 0 Å². The molecule has 0 fully saturated rings. The number of carbonyl (C=O) groups excluding carboxylic acids is 2. The Morgan fingerprint density at radius 1 is 0.821 bits per heavy atom. The number of amides is 2. The Bertz CT molecular complexity index is 942. The van der Waals surface area contributed by atoms with Crippen LogP contribution in [0.1, 0.15) is 26.3 Å². The second kappa shape index (κ2) is 8.95. The highest BCUT2D eigenvalue weighted by Crippen LogP contribution is 2.16. The molecule has 142 valence electrons. The number of anilines is 1. The van der Waals surface area contributed by atoms with Crippen molar-refractivity contribution in [2.45, 2.75) is 6.42 Å². The van der Waals surface area contributed by atoms with Crippen LogP contribution in [0, 0.1) is 0 Å². The number of hydrogen-bond donors (Lipinski definition) is 0. The van der Waals surface area contributed by atoms with E-state index in [0.29, 0.717) is 17.7 Å². The topological polar surface area (TPSA) is 53.5 Å². The fourth-order valence-corrected chi connectivity index (χ4v) is 2.92. The molecule has 0 spiro atoms. The minimum Gasteiger partial charge on any atom is -0.341 e. The fraction of sp³-hybridized carbons (Fsp3) is 0.174. The van der Waals surface area contributed by atoms with Crippen LogP contribution in [0.25, 0.3) is 0 Å². The van der Waals surface area contributed by atoms with Crippen LogP contribution in [0.4, 0.5) is 5.69 Å². The Labute approximate surface area is 165 Å². The van der Waals surface area contributed by atoms with E-state index in [4.69, 9.17) is 0 Å². The van der Waals surface area contributed by atoms with E-state index >= 15 is 0 Å². The molecule has 0 aliphatic rings. The lowest BCUT2D eigenvalue weighted by molar-refractivity contribution is 0.0796. The lowest BCUT2D eigenvalue weighted by Gasteiger charge is -2.19. The third-order valence-electron chi connectivity index (χ3n) is 4.64. The minimum absolute atomic E-state index is 0.105. The first-order chi connectivity index (χ1) is 13.6. The third-order valence-corrected chi connectivity index (χ3v) is 4.64. The highest BCUT2D eigenvalue weighted by Gasteiger charge is 2.17. The summed E-state index contributed by atoms with van der Waals surface area (Å²) in [4.78, 5) is 32.8. The molecule has 0 unspecified atom stereocenters. The fourth-order valence-electron chi connectivity index (χ4n) is 2.92. The molecule has 0 aliphatic heterocycles. The van der Waals surface area contributed by atoms with E-state index in [0.717, 1.165) is 17.7 Å². The summed E-state index contributed by atoms with van der Waals surface area (Å²) in [6.07, 6.45) is 4.24. The average molecular weight is 373 g/mol. The van der Waals surface area contributed by atoms with Crippen molar-refractivity contribution in [3.05, 3.63) is 95.8 Å². The summed E-state index contributed by atoms with van der Waals surface area (Å²) in [5.41, 5.74) is 2.92. The molecule has 1 heterocycles. The number of para-hydroxylation sites is 1. The molecule has 0 saturated carbocycles. The number of rotatable bonds is 6. The molecular weight excluding hydrogens is 350 g/mol. The van der Waals surface area contributed by atoms with Crippen molar-refractivity contribution in [1.29, 1.82) is 0 Å². The smallest absolute Gasteiger partial charge is 0.258 e. The Morgan fingerprint density at radius 3 is 2.14 bits per heavy atom. The van der Waals surface area contributed by atoms with E-state index in [9.17, 15) is 9.59 Å². The van der Waals surface area contributed by atoms with Gasteiger partial charge in [0.2, 0.25) is 0 Å². The summed E-state index contributed by atoms with van der Waals surface area (Å²) in [6, 6.07) is 20.2. The summed E-state index contributed by atoms with van der Waals surface area (Å²) >= 11 is 0. The third kappa shape index (κ3) is 4.62. The average Bonchev–Trinajstić information content (AvgIpc) is 2.77. The summed E-state index contributed by atoms with van der Waals surface area (Å²) in [5.74, 6) is -0.258. The highest BCUT2D eigenvalue weighted by molar-refractivity contribution is 6.07. The first-order valence-corrected chi connectivity index (χ1v) is 9.14. The number of aromatic nitrogens is 1. The number of likely N-dealkylation sites (N-methyl/N-ethyl adjacent to an activating group) is 1. The van der Waals surface area contributed by atoms with E-state index in [-0.39, 0.29) is 11.8 Å². The maximum Gasteiger partial charge on any atom is 0.258 e. The van der Waals surface area contributed by atoms with Crippen molar-refractivity contribution in [2.24, 2.45) is 0 Å². The van der Waals surface area contributed by atoms with E-state index in [1.165, 1.54) is 0 Å². The van der Waals surface area contributed by atoms with Crippen molar-refractivity contribution in [1.82, 2.24) is 9.88 Å². The summed E-state index contributed by atoms with van der Waals surface area (Å²) in [7, 11) is 3.50. The van der Waals surface area contributed by atoms with Gasteiger partial charge in [-0.15, -0.1) is 0 Å². The summed E-state index contributed by atoms with van der Waals surface area (Å²) < 4.78 is 0. The van der Waals surface area contributed by atoms with E-state index in [2.05, 4.69) is 4.98 Å². The number of benzene rings is 2. The predicted molar refractivity (Wildman–Crippen MR) is 111 cm³/mol. The molecule has 3 aromatic rings. The normalized spacial score (nSPS) is 10.4. The van der Waals surface area contributed by atoms with Crippen molar-refractivity contribution in [2.75, 3.05) is 25.5 Å². The van der Waals surface area contributed by atoms with Crippen molar-refractivity contribution < 1.29 is 9.59 Å². The Hall–Kier alpha value is -3.47. The van der Waals surface area contributed by atoms with E-state index in [1.807, 2.05) is 42.5 Å². The molecule has 2 aromatic carbocycles. The zero-order chi connectivity index (χ0) is 19.9. The zero-order valence-electron chi connectivity index (χ0n) is 16.1. The standard InChI is InChI=1S/C23H23N3O2/c1-25(16-13-18-11-14-24-15-12-18)22(27)19-7-6-8-20(17-19)23(28)26(2)21-9-4-3-5-10-21/h3-12,14-15,17H,13,16H2,1-2H3. The maximum atomic E-state index is 12.8. The SMILES string of the molecule is CN(CCc1ccncc1)C(=O)c1cccc(C(=O)N(C)c2ccccc2)c1. The van der Waals surface area contributed by atoms with Crippen molar-refractivity contribution >= 4 is 17.5 Å². The van der Waals surface area contributed by atoms with Crippen LogP contribution in [0.2, 0.25) is 0 Å². The van der Waals surface area contributed by atoms with Gasteiger partial charge in [-0.25, -0.2) is 0 Å². The van der Waals surface area contributed by atoms with Gasteiger partial charge >= 0.3 is 0 Å². The molecule has 0 atom stereocenters. The van der Waals surface area contributed by atoms with Gasteiger partial charge in [-0.3, -0.25) is 14.6 Å². The maximum absolute atomic E-state index is 12.8. The number of pyridine rings is 1. The van der Waals surface area contributed by atoms with Crippen LogP contribution in [0.5, 0.6) is 0 Å². The van der Waals surface area contributed by atoms with Crippen LogP contribution < -0.4 is 4.90 Å². The van der Waals surface area contributed by atoms with Gasteiger partial charge in [-0.05, 0) is 54.4 Å². The van der Waals surface area contributed by atoms with Crippen LogP contribution in [-0.2, 0) is 6.42 Å². The molecule has 3 rings (SSSR count). The Morgan fingerprint density at radius 2 is 1.46 bits per heavy atom. The van der Waals surface area contributed by atoms with Crippen molar-refractivity contribution in [3.8, 4) is 0 Å². The highest BCUT2D eigenvalue weighted by atomic mass is 16.2. The first kappa shape index (κ1) is 19.3. The lowest BCUT2D eigenvalue weighted by Crippen LogP contribution is -2.30. The van der Waals surface area contributed by atoms with Gasteiger partial charge < -0.3 is 9.80 Å². The first-order valence-electron chi connectivity index (χ1n) is 9.14. The molecule has 0 saturated heterocycles. The molecule has 28 heavy (non-hydrogen) atoms. The van der Waals surface area contributed by atoms with Crippen LogP contribution in [-0.4, -0.2) is 42.3 Å². The minimum atomic E-state index is -0.153. The van der Waals surface area contributed by atoms with E-state index in [1.54, 1.807) is 60.6 Å². The molecule has 1 aromatic heterocycles. The van der Waals surface area contributed by atoms with E-state index < -0.39 is 0 Å². The van der Waals surface area contributed by atoms with Gasteiger partial charge in [0.25, 0.3) is 11.8 Å². The molecule has 2 amide bonds. The van der Waals surface area contributed by atoms with Crippen molar-refractivity contribution in [3.63, 3.8) is 0 Å². The van der Waals surface area contributed by atoms with Crippen LogP contribution in [0.15, 0.2) is 79.1 Å². The number of nitrogens with zero attached hydrogens (tertiary/aromatic N) is 3. The van der Waals surface area contributed by atoms with Gasteiger partial charge in [-0.1, -0.05) is 24.3 Å². The lowest BCUT2D eigenvalue weighted by atomic mass is 10.1. The second-order valence-corrected chi connectivity index (χ2v) is 6.61. The zero-order valence-corrected chi connectivity index (χ0v) is 16.1. The van der Waals surface area contributed by atoms with Gasteiger partial charge in [0.05, 0.1) is 0 Å². The quantitative estimate of drug-likeness (QED) is 0.662. The Balaban J connectivity index is 1.69. The molecule has 5 nitrogen and oxygen atoms in total. The monoisotopic (exact) mass is 373 g/mol. The molecule has 0 bridgehead atoms. The van der Waals surface area contributed by atoms with Crippen LogP contribution in [0.3, 0.4) is 0 Å². The number of carbonyl (C=O) groups is 2. The Kier molecular flexibility index (Phi) is 6.17. The van der Waals surface area contributed by atoms with Gasteiger partial charge in [0, 0.05) is 49.8 Å². The largest absolute Gasteiger partial charge is 0.341 e. The molecule has 0 N–H and O–H groups in total. The molecule has 5 heteroatoms. The molecule has 0 aliphatic carbocycles. The molecule has 0 radical (unpaired) electrons. The molecular formula is C23H23N3O2. The number of hydrogen-bond acceptors (Lipinski definition) is 3. The van der Waals surface area contributed by atoms with Crippen LogP contribution >= 0.6 is 0 Å². The summed E-state index contributed by atoms with van der Waals surface area (Å²) in [6.45, 7) is 0.588. The predicted octanol–water partition coefficient (Wildman–Crippen LogP) is 3.67. The summed E-state index contributed by atoms with van der Waals surface area (Å²) in [5, 5.41) is 0.